The summed E-state index contributed by atoms with van der Waals surface area (Å²) in [5.41, 5.74) is 0.962. The van der Waals surface area contributed by atoms with Crippen molar-refractivity contribution in [3.63, 3.8) is 0 Å². The van der Waals surface area contributed by atoms with E-state index in [2.05, 4.69) is 37.9 Å². The molecule has 0 saturated carbocycles. The third kappa shape index (κ3) is 3.15. The van der Waals surface area contributed by atoms with Crippen molar-refractivity contribution in [2.45, 2.75) is 19.3 Å². The fourth-order valence-corrected chi connectivity index (χ4v) is 2.11. The molecule has 1 aromatic carbocycles. The van der Waals surface area contributed by atoms with Crippen LogP contribution in [0, 0.1) is 3.57 Å². The zero-order valence-electron chi connectivity index (χ0n) is 8.56. The van der Waals surface area contributed by atoms with Gasteiger partial charge >= 0.3 is 0 Å². The van der Waals surface area contributed by atoms with Gasteiger partial charge in [0.1, 0.15) is 5.69 Å². The zero-order valence-corrected chi connectivity index (χ0v) is 10.7. The van der Waals surface area contributed by atoms with Crippen LogP contribution >= 0.6 is 22.6 Å². The predicted octanol–water partition coefficient (Wildman–Crippen LogP) is 3.78. The third-order valence-corrected chi connectivity index (χ3v) is 3.38. The van der Waals surface area contributed by atoms with Crippen LogP contribution in [-0.4, -0.2) is 18.1 Å². The molecule has 3 nitrogen and oxygen atoms in total. The van der Waals surface area contributed by atoms with Crippen molar-refractivity contribution < 1.29 is 0 Å². The average Bonchev–Trinajstić information content (AvgIpc) is 2.29. The molecule has 1 aromatic rings. The van der Waals surface area contributed by atoms with Gasteiger partial charge in [0.15, 0.2) is 0 Å². The summed E-state index contributed by atoms with van der Waals surface area (Å²) in [6, 6.07) is 8.05. The van der Waals surface area contributed by atoms with E-state index < -0.39 is 0 Å². The van der Waals surface area contributed by atoms with Gasteiger partial charge in [0.2, 0.25) is 0 Å². The van der Waals surface area contributed by atoms with Crippen molar-refractivity contribution in [1.82, 2.24) is 5.01 Å². The fraction of sp³-hybridized carbons (Fsp3) is 0.455. The molecule has 1 saturated heterocycles. The minimum absolute atomic E-state index is 0.962. The predicted molar refractivity (Wildman–Crippen MR) is 69.1 cm³/mol. The summed E-state index contributed by atoms with van der Waals surface area (Å²) in [5.74, 6) is 0. The second kappa shape index (κ2) is 5.44. The highest BCUT2D eigenvalue weighted by Crippen LogP contribution is 2.21. The quantitative estimate of drug-likeness (QED) is 0.603. The summed E-state index contributed by atoms with van der Waals surface area (Å²) in [4.78, 5) is 0. The van der Waals surface area contributed by atoms with Gasteiger partial charge < -0.3 is 0 Å². The Morgan fingerprint density at radius 3 is 2.53 bits per heavy atom. The first-order valence-corrected chi connectivity index (χ1v) is 6.35. The standard InChI is InChI=1S/C11H14IN3/c12-10-6-2-3-7-11(10)13-14-15-8-4-1-5-9-15/h2-3,6-7H,1,4-5,8-9H2/b14-13+. The van der Waals surface area contributed by atoms with Crippen LogP contribution in [0.2, 0.25) is 0 Å². The van der Waals surface area contributed by atoms with Crippen LogP contribution in [0.15, 0.2) is 34.6 Å². The average molecular weight is 315 g/mol. The smallest absolute Gasteiger partial charge is 0.101 e. The molecule has 1 fully saturated rings. The van der Waals surface area contributed by atoms with E-state index in [1.165, 1.54) is 19.3 Å². The largest absolute Gasteiger partial charge is 0.278 e. The molecule has 0 atom stereocenters. The number of hydrogen-bond acceptors (Lipinski definition) is 2. The van der Waals surface area contributed by atoms with Crippen LogP contribution in [0.1, 0.15) is 19.3 Å². The summed E-state index contributed by atoms with van der Waals surface area (Å²) in [7, 11) is 0. The number of benzene rings is 1. The number of piperidine rings is 1. The van der Waals surface area contributed by atoms with E-state index in [0.717, 1.165) is 22.3 Å². The molecule has 0 N–H and O–H groups in total. The third-order valence-electron chi connectivity index (χ3n) is 2.46. The van der Waals surface area contributed by atoms with E-state index in [1.807, 2.05) is 24.3 Å². The summed E-state index contributed by atoms with van der Waals surface area (Å²) in [6.07, 6.45) is 3.81. The first-order valence-electron chi connectivity index (χ1n) is 5.27. The lowest BCUT2D eigenvalue weighted by molar-refractivity contribution is 0.224. The Kier molecular flexibility index (Phi) is 3.94. The number of rotatable bonds is 2. The van der Waals surface area contributed by atoms with Crippen LogP contribution in [0.3, 0.4) is 0 Å². The van der Waals surface area contributed by atoms with E-state index in [0.29, 0.717) is 0 Å². The highest BCUT2D eigenvalue weighted by atomic mass is 127. The van der Waals surface area contributed by atoms with Crippen molar-refractivity contribution in [3.05, 3.63) is 27.8 Å². The molecule has 0 spiro atoms. The summed E-state index contributed by atoms with van der Waals surface area (Å²) >= 11 is 2.28. The summed E-state index contributed by atoms with van der Waals surface area (Å²) < 4.78 is 1.15. The molecule has 80 valence electrons. The number of nitrogens with zero attached hydrogens (tertiary/aromatic N) is 3. The first-order chi connectivity index (χ1) is 7.36. The van der Waals surface area contributed by atoms with E-state index in [9.17, 15) is 0 Å². The molecule has 0 amide bonds. The van der Waals surface area contributed by atoms with Crippen molar-refractivity contribution in [1.29, 1.82) is 0 Å². The SMILES string of the molecule is Ic1ccccc1/N=N/N1CCCCC1. The van der Waals surface area contributed by atoms with Crippen LogP contribution in [0.5, 0.6) is 0 Å². The molecule has 1 aliphatic heterocycles. The number of halogens is 1. The van der Waals surface area contributed by atoms with Gasteiger partial charge in [-0.3, -0.25) is 5.01 Å². The summed E-state index contributed by atoms with van der Waals surface area (Å²) in [6.45, 7) is 2.10. The minimum atomic E-state index is 0.962. The van der Waals surface area contributed by atoms with Crippen LogP contribution < -0.4 is 0 Å². The molecule has 0 radical (unpaired) electrons. The van der Waals surface area contributed by atoms with Gasteiger partial charge in [-0.25, -0.2) is 0 Å². The van der Waals surface area contributed by atoms with Gasteiger partial charge in [-0.2, -0.15) is 0 Å². The Hall–Kier alpha value is -0.650. The van der Waals surface area contributed by atoms with Gasteiger partial charge in [-0.15, -0.1) is 5.11 Å². The van der Waals surface area contributed by atoms with Crippen molar-refractivity contribution in [2.75, 3.05) is 13.1 Å². The molecule has 1 heterocycles. The topological polar surface area (TPSA) is 28.0 Å². The maximum absolute atomic E-state index is 4.27. The van der Waals surface area contributed by atoms with Crippen molar-refractivity contribution >= 4 is 28.3 Å². The van der Waals surface area contributed by atoms with Crippen LogP contribution in [0.4, 0.5) is 5.69 Å². The van der Waals surface area contributed by atoms with Gasteiger partial charge in [-0.05, 0) is 54.0 Å². The Bertz CT molecular complexity index is 345. The second-order valence-corrected chi connectivity index (χ2v) is 4.82. The van der Waals surface area contributed by atoms with Crippen LogP contribution in [0.25, 0.3) is 0 Å². The monoisotopic (exact) mass is 315 g/mol. The van der Waals surface area contributed by atoms with Crippen LogP contribution in [-0.2, 0) is 0 Å². The molecule has 2 rings (SSSR count). The number of hydrogen-bond donors (Lipinski definition) is 0. The zero-order chi connectivity index (χ0) is 10.5. The molecule has 0 aliphatic carbocycles. The Morgan fingerprint density at radius 1 is 1.07 bits per heavy atom. The van der Waals surface area contributed by atoms with Crippen molar-refractivity contribution in [2.24, 2.45) is 10.3 Å². The first kappa shape index (κ1) is 10.9. The Morgan fingerprint density at radius 2 is 1.80 bits per heavy atom. The summed E-state index contributed by atoms with van der Waals surface area (Å²) in [5, 5.41) is 10.6. The lowest BCUT2D eigenvalue weighted by Crippen LogP contribution is -2.23. The van der Waals surface area contributed by atoms with Crippen molar-refractivity contribution in [3.8, 4) is 0 Å². The highest BCUT2D eigenvalue weighted by molar-refractivity contribution is 14.1. The van der Waals surface area contributed by atoms with Gasteiger partial charge in [-0.1, -0.05) is 17.4 Å². The second-order valence-electron chi connectivity index (χ2n) is 3.66. The highest BCUT2D eigenvalue weighted by Gasteiger charge is 2.07. The van der Waals surface area contributed by atoms with E-state index >= 15 is 0 Å². The minimum Gasteiger partial charge on any atom is -0.278 e. The lowest BCUT2D eigenvalue weighted by atomic mass is 10.2. The van der Waals surface area contributed by atoms with Gasteiger partial charge in [0.25, 0.3) is 0 Å². The molecule has 0 aromatic heterocycles. The van der Waals surface area contributed by atoms with E-state index in [-0.39, 0.29) is 0 Å². The molecular formula is C11H14IN3. The van der Waals surface area contributed by atoms with E-state index in [4.69, 9.17) is 0 Å². The maximum atomic E-state index is 4.27. The van der Waals surface area contributed by atoms with Gasteiger partial charge in [0.05, 0.1) is 0 Å². The molecule has 15 heavy (non-hydrogen) atoms. The lowest BCUT2D eigenvalue weighted by Gasteiger charge is -2.21. The van der Waals surface area contributed by atoms with Gasteiger partial charge in [0, 0.05) is 16.7 Å². The maximum Gasteiger partial charge on any atom is 0.101 e. The van der Waals surface area contributed by atoms with E-state index in [1.54, 1.807) is 0 Å². The molecule has 4 heteroatoms. The normalized spacial score (nSPS) is 17.3. The fourth-order valence-electron chi connectivity index (χ4n) is 1.61. The molecule has 0 unspecified atom stereocenters. The molecular weight excluding hydrogens is 301 g/mol. The Labute approximate surface area is 104 Å². The Balaban J connectivity index is 2.01. The molecule has 1 aliphatic rings. The molecule has 0 bridgehead atoms.